The molecule has 2 aromatic carbocycles. The van der Waals surface area contributed by atoms with Crippen molar-refractivity contribution < 1.29 is 4.79 Å². The summed E-state index contributed by atoms with van der Waals surface area (Å²) >= 11 is 12.4. The number of aromatic nitrogens is 2. The topological polar surface area (TPSA) is 64.0 Å². The fraction of sp³-hybridized carbons (Fsp3) is 0.208. The van der Waals surface area contributed by atoms with Gasteiger partial charge < -0.3 is 5.32 Å². The summed E-state index contributed by atoms with van der Waals surface area (Å²) in [5.41, 5.74) is 2.45. The Morgan fingerprint density at radius 1 is 1.18 bits per heavy atom. The van der Waals surface area contributed by atoms with Crippen LogP contribution >= 0.6 is 50.6 Å². The second-order valence-corrected chi connectivity index (χ2v) is 11.1. The molecular weight excluding hydrogens is 542 g/mol. The van der Waals surface area contributed by atoms with Crippen molar-refractivity contribution in [1.82, 2.24) is 9.55 Å². The molecular formula is C24H19BrClN3O2S2. The van der Waals surface area contributed by atoms with E-state index >= 15 is 0 Å². The Hall–Kier alpha value is -2.13. The fourth-order valence-electron chi connectivity index (χ4n) is 3.99. The molecule has 0 unspecified atom stereocenters. The average Bonchev–Trinajstić information content (AvgIpc) is 3.17. The molecule has 2 heterocycles. The number of thioether (sulfide) groups is 1. The molecule has 9 heteroatoms. The molecule has 1 aliphatic rings. The summed E-state index contributed by atoms with van der Waals surface area (Å²) in [5.74, 6) is -0.0380. The number of rotatable bonds is 5. The minimum Gasteiger partial charge on any atom is -0.325 e. The Balaban J connectivity index is 1.52. The van der Waals surface area contributed by atoms with Crippen LogP contribution in [0.4, 0.5) is 5.69 Å². The van der Waals surface area contributed by atoms with Crippen LogP contribution in [0.3, 0.4) is 0 Å². The van der Waals surface area contributed by atoms with Crippen molar-refractivity contribution in [2.24, 2.45) is 0 Å². The van der Waals surface area contributed by atoms with Gasteiger partial charge in [0.25, 0.3) is 5.56 Å². The molecule has 4 aromatic rings. The van der Waals surface area contributed by atoms with Crippen LogP contribution in [0.1, 0.15) is 23.3 Å². The van der Waals surface area contributed by atoms with Crippen LogP contribution in [0.5, 0.6) is 0 Å². The van der Waals surface area contributed by atoms with E-state index in [0.29, 0.717) is 26.9 Å². The minimum atomic E-state index is -0.166. The second-order valence-electron chi connectivity index (χ2n) is 7.75. The van der Waals surface area contributed by atoms with E-state index in [1.54, 1.807) is 28.0 Å². The van der Waals surface area contributed by atoms with Crippen LogP contribution in [0, 0.1) is 0 Å². The first-order chi connectivity index (χ1) is 16.0. The number of hydrogen-bond acceptors (Lipinski definition) is 5. The Morgan fingerprint density at radius 2 is 1.97 bits per heavy atom. The number of nitrogens with zero attached hydrogens (tertiary/aromatic N) is 2. The molecule has 0 radical (unpaired) electrons. The maximum Gasteiger partial charge on any atom is 0.267 e. The number of amides is 1. The van der Waals surface area contributed by atoms with E-state index in [9.17, 15) is 9.59 Å². The number of benzene rings is 2. The van der Waals surface area contributed by atoms with Gasteiger partial charge in [-0.2, -0.15) is 0 Å². The minimum absolute atomic E-state index is 0.0865. The normalized spacial score (nSPS) is 13.2. The van der Waals surface area contributed by atoms with Crippen LogP contribution in [0.15, 0.2) is 63.0 Å². The molecule has 0 fully saturated rings. The molecule has 1 aliphatic carbocycles. The standard InChI is InChI=1S/C24H19BrClN3O2S2/c25-14-4-3-5-16(12-14)27-20(30)13-32-24-28-22-21(18-6-1-2-7-19(18)33-22)23(31)29(24)17-10-8-15(26)9-11-17/h3-5,8-12H,1-2,6-7,13H2,(H,27,30). The third-order valence-corrected chi connectivity index (χ3v) is 8.35. The zero-order valence-corrected chi connectivity index (χ0v) is 21.4. The van der Waals surface area contributed by atoms with Gasteiger partial charge in [-0.05, 0) is 73.7 Å². The first-order valence-corrected chi connectivity index (χ1v) is 13.5. The molecule has 168 valence electrons. The zero-order chi connectivity index (χ0) is 22.9. The van der Waals surface area contributed by atoms with E-state index < -0.39 is 0 Å². The van der Waals surface area contributed by atoms with Crippen molar-refractivity contribution >= 4 is 72.4 Å². The van der Waals surface area contributed by atoms with Gasteiger partial charge in [-0.25, -0.2) is 4.98 Å². The van der Waals surface area contributed by atoms with Gasteiger partial charge in [0.1, 0.15) is 4.83 Å². The van der Waals surface area contributed by atoms with E-state index in [1.807, 2.05) is 36.4 Å². The predicted octanol–water partition coefficient (Wildman–Crippen LogP) is 6.47. The van der Waals surface area contributed by atoms with Crippen LogP contribution in [-0.4, -0.2) is 21.2 Å². The van der Waals surface area contributed by atoms with Gasteiger partial charge >= 0.3 is 0 Å². The number of carbonyl (C=O) groups excluding carboxylic acids is 1. The lowest BCUT2D eigenvalue weighted by molar-refractivity contribution is -0.113. The molecule has 1 N–H and O–H groups in total. The van der Waals surface area contributed by atoms with Gasteiger partial charge in [0.15, 0.2) is 5.16 Å². The summed E-state index contributed by atoms with van der Waals surface area (Å²) in [6, 6.07) is 14.6. The van der Waals surface area contributed by atoms with E-state index in [0.717, 1.165) is 40.5 Å². The monoisotopic (exact) mass is 559 g/mol. The van der Waals surface area contributed by atoms with Gasteiger partial charge in [-0.1, -0.05) is 45.4 Å². The highest BCUT2D eigenvalue weighted by molar-refractivity contribution is 9.10. The predicted molar refractivity (Wildman–Crippen MR) is 140 cm³/mol. The quantitative estimate of drug-likeness (QED) is 0.224. The van der Waals surface area contributed by atoms with E-state index in [2.05, 4.69) is 21.2 Å². The summed E-state index contributed by atoms with van der Waals surface area (Å²) in [6.07, 6.45) is 4.14. The number of halogens is 2. The number of hydrogen-bond donors (Lipinski definition) is 1. The molecule has 0 aliphatic heterocycles. The SMILES string of the molecule is O=C(CSc1nc2sc3c(c2c(=O)n1-c1ccc(Cl)cc1)CCCC3)Nc1cccc(Br)c1. The van der Waals surface area contributed by atoms with Crippen molar-refractivity contribution in [2.75, 3.05) is 11.1 Å². The van der Waals surface area contributed by atoms with Gasteiger partial charge in [0, 0.05) is 20.1 Å². The van der Waals surface area contributed by atoms with Gasteiger partial charge in [0.05, 0.1) is 16.8 Å². The summed E-state index contributed by atoms with van der Waals surface area (Å²) in [7, 11) is 0. The number of anilines is 1. The Labute approximate surface area is 212 Å². The Kier molecular flexibility index (Phi) is 6.60. The third kappa shape index (κ3) is 4.75. The number of fused-ring (bicyclic) bond motifs is 3. The molecule has 2 aromatic heterocycles. The molecule has 0 bridgehead atoms. The summed E-state index contributed by atoms with van der Waals surface area (Å²) in [6.45, 7) is 0. The maximum absolute atomic E-state index is 13.7. The first-order valence-electron chi connectivity index (χ1n) is 10.5. The molecule has 33 heavy (non-hydrogen) atoms. The Morgan fingerprint density at radius 3 is 2.76 bits per heavy atom. The molecule has 5 nitrogen and oxygen atoms in total. The molecule has 5 rings (SSSR count). The number of aryl methyl sites for hydroxylation is 2. The molecule has 0 spiro atoms. The second kappa shape index (κ2) is 9.62. The molecule has 1 amide bonds. The smallest absolute Gasteiger partial charge is 0.267 e. The highest BCUT2D eigenvalue weighted by Gasteiger charge is 2.23. The number of carbonyl (C=O) groups is 1. The lowest BCUT2D eigenvalue weighted by atomic mass is 9.97. The van der Waals surface area contributed by atoms with Crippen LogP contribution in [0.25, 0.3) is 15.9 Å². The van der Waals surface area contributed by atoms with Crippen molar-refractivity contribution in [1.29, 1.82) is 0 Å². The van der Waals surface area contributed by atoms with Gasteiger partial charge in [-0.15, -0.1) is 11.3 Å². The van der Waals surface area contributed by atoms with Crippen LogP contribution in [-0.2, 0) is 17.6 Å². The van der Waals surface area contributed by atoms with Crippen LogP contribution < -0.4 is 10.9 Å². The van der Waals surface area contributed by atoms with Crippen molar-refractivity contribution in [3.05, 3.63) is 78.8 Å². The molecule has 0 atom stereocenters. The zero-order valence-electron chi connectivity index (χ0n) is 17.4. The number of thiophene rings is 1. The Bertz CT molecular complexity index is 1420. The van der Waals surface area contributed by atoms with Crippen molar-refractivity contribution in [3.63, 3.8) is 0 Å². The maximum atomic E-state index is 13.7. The number of nitrogens with one attached hydrogen (secondary N) is 1. The van der Waals surface area contributed by atoms with Gasteiger partial charge in [0.2, 0.25) is 5.91 Å². The van der Waals surface area contributed by atoms with Gasteiger partial charge in [-0.3, -0.25) is 14.2 Å². The average molecular weight is 561 g/mol. The fourth-order valence-corrected chi connectivity index (χ4v) is 6.63. The summed E-state index contributed by atoms with van der Waals surface area (Å²) in [5, 5.41) is 4.70. The lowest BCUT2D eigenvalue weighted by Gasteiger charge is -2.14. The van der Waals surface area contributed by atoms with E-state index in [1.165, 1.54) is 16.6 Å². The van der Waals surface area contributed by atoms with Crippen LogP contribution in [0.2, 0.25) is 5.02 Å². The van der Waals surface area contributed by atoms with E-state index in [4.69, 9.17) is 16.6 Å². The van der Waals surface area contributed by atoms with Crippen molar-refractivity contribution in [2.45, 2.75) is 30.8 Å². The first kappa shape index (κ1) is 22.7. The summed E-state index contributed by atoms with van der Waals surface area (Å²) in [4.78, 5) is 33.2. The third-order valence-electron chi connectivity index (χ3n) is 5.48. The van der Waals surface area contributed by atoms with E-state index in [-0.39, 0.29) is 17.2 Å². The highest BCUT2D eigenvalue weighted by Crippen LogP contribution is 2.35. The summed E-state index contributed by atoms with van der Waals surface area (Å²) < 4.78 is 2.50. The highest BCUT2D eigenvalue weighted by atomic mass is 79.9. The van der Waals surface area contributed by atoms with Crippen molar-refractivity contribution in [3.8, 4) is 5.69 Å². The lowest BCUT2D eigenvalue weighted by Crippen LogP contribution is -2.23. The molecule has 0 saturated heterocycles. The largest absolute Gasteiger partial charge is 0.325 e. The molecule has 0 saturated carbocycles.